The molecule has 0 aromatic heterocycles. The van der Waals surface area contributed by atoms with Crippen molar-refractivity contribution in [1.29, 1.82) is 0 Å². The number of hydrogen-bond donors (Lipinski definition) is 2. The van der Waals surface area contributed by atoms with Crippen LogP contribution >= 0.6 is 23.8 Å². The number of guanidine groups is 1. The number of nitrogens with zero attached hydrogens (tertiary/aromatic N) is 2. The number of aliphatic imine (C=N–C) groups is 1. The van der Waals surface area contributed by atoms with Gasteiger partial charge >= 0.3 is 0 Å². The van der Waals surface area contributed by atoms with Gasteiger partial charge in [0.2, 0.25) is 5.96 Å². The van der Waals surface area contributed by atoms with E-state index in [-0.39, 0.29) is 0 Å². The van der Waals surface area contributed by atoms with E-state index >= 15 is 0 Å². The van der Waals surface area contributed by atoms with Crippen molar-refractivity contribution in [3.8, 4) is 0 Å². The van der Waals surface area contributed by atoms with Gasteiger partial charge in [-0.15, -0.1) is 6.58 Å². The lowest BCUT2D eigenvalue weighted by atomic mass is 10.2. The van der Waals surface area contributed by atoms with Gasteiger partial charge in [0, 0.05) is 17.3 Å². The van der Waals surface area contributed by atoms with E-state index in [0.29, 0.717) is 10.1 Å². The predicted molar refractivity (Wildman–Crippen MR) is 103 cm³/mol. The minimum atomic E-state index is 0.607. The molecule has 0 spiro atoms. The molecule has 0 saturated carbocycles. The van der Waals surface area contributed by atoms with E-state index in [2.05, 4.69) is 28.3 Å². The van der Waals surface area contributed by atoms with Crippen LogP contribution in [0.2, 0.25) is 5.02 Å². The van der Waals surface area contributed by atoms with Crippen LogP contribution in [0.15, 0.2) is 54.2 Å². The zero-order chi connectivity index (χ0) is 16.5. The number of allylic oxidation sites excluding steroid dienone is 2. The third kappa shape index (κ3) is 5.69. The molecular formula is C17H21ClN4S. The normalized spacial score (nSPS) is 14.0. The first-order valence-electron chi connectivity index (χ1n) is 7.61. The van der Waals surface area contributed by atoms with Crippen LogP contribution in [0.4, 0.5) is 5.69 Å². The van der Waals surface area contributed by atoms with Crippen molar-refractivity contribution in [3.05, 3.63) is 54.2 Å². The second kappa shape index (κ2) is 9.33. The Kier molecular flexibility index (Phi) is 7.10. The van der Waals surface area contributed by atoms with Crippen LogP contribution in [0.3, 0.4) is 0 Å². The molecule has 0 radical (unpaired) electrons. The number of nitrogens with one attached hydrogen (secondary N) is 2. The Morgan fingerprint density at radius 3 is 3.09 bits per heavy atom. The molecule has 122 valence electrons. The molecule has 0 fully saturated rings. The number of rotatable bonds is 6. The van der Waals surface area contributed by atoms with Gasteiger partial charge in [-0.2, -0.15) is 0 Å². The lowest BCUT2D eigenvalue weighted by molar-refractivity contribution is 0.659. The van der Waals surface area contributed by atoms with Gasteiger partial charge in [-0.05, 0) is 55.9 Å². The summed E-state index contributed by atoms with van der Waals surface area (Å²) < 4.78 is 0. The minimum absolute atomic E-state index is 0.607. The minimum Gasteiger partial charge on any atom is -0.333 e. The van der Waals surface area contributed by atoms with Crippen molar-refractivity contribution in [3.63, 3.8) is 0 Å². The van der Waals surface area contributed by atoms with Crippen LogP contribution < -0.4 is 10.6 Å². The molecule has 0 bridgehead atoms. The maximum Gasteiger partial charge on any atom is 0.204 e. The van der Waals surface area contributed by atoms with E-state index in [1.54, 1.807) is 0 Å². The Balaban J connectivity index is 1.85. The van der Waals surface area contributed by atoms with E-state index in [1.807, 2.05) is 41.4 Å². The topological polar surface area (TPSA) is 39.7 Å². The standard InChI is InChI=1S/C17H21ClN4S/c1-2-3-4-5-6-10-19-16-20-11-12-22(16)17(23)21-15-9-7-8-14(18)13-15/h2,6-10,13H,1,3-5,11-12H2,(H,19,20)(H,21,23)/b10-6+. The number of hydrogen-bond acceptors (Lipinski definition) is 3. The number of halogens is 1. The van der Waals surface area contributed by atoms with Gasteiger partial charge in [-0.3, -0.25) is 9.89 Å². The summed E-state index contributed by atoms with van der Waals surface area (Å²) in [5.74, 6) is 0.768. The SMILES string of the molecule is C=CCCC/C=C/NC1=NCCN1C(=S)Nc1cccc(Cl)c1. The summed E-state index contributed by atoms with van der Waals surface area (Å²) in [4.78, 5) is 6.39. The fraction of sp³-hybridized carbons (Fsp3) is 0.294. The van der Waals surface area contributed by atoms with E-state index in [0.717, 1.165) is 44.0 Å². The molecule has 4 nitrogen and oxygen atoms in total. The maximum atomic E-state index is 5.99. The van der Waals surface area contributed by atoms with Crippen LogP contribution in [0.5, 0.6) is 0 Å². The van der Waals surface area contributed by atoms with Crippen LogP contribution in [-0.2, 0) is 0 Å². The van der Waals surface area contributed by atoms with Gasteiger partial charge in [0.25, 0.3) is 0 Å². The molecule has 1 aliphatic heterocycles. The molecular weight excluding hydrogens is 328 g/mol. The highest BCUT2D eigenvalue weighted by Gasteiger charge is 2.20. The summed E-state index contributed by atoms with van der Waals surface area (Å²) >= 11 is 11.5. The molecule has 0 unspecified atom stereocenters. The first kappa shape index (κ1) is 17.5. The molecule has 0 atom stereocenters. The van der Waals surface area contributed by atoms with Crippen LogP contribution in [0, 0.1) is 0 Å². The molecule has 0 aliphatic carbocycles. The quantitative estimate of drug-likeness (QED) is 0.460. The predicted octanol–water partition coefficient (Wildman–Crippen LogP) is 4.17. The highest BCUT2D eigenvalue weighted by atomic mass is 35.5. The molecule has 6 heteroatoms. The summed E-state index contributed by atoms with van der Waals surface area (Å²) in [6.07, 6.45) is 9.09. The van der Waals surface area contributed by atoms with E-state index < -0.39 is 0 Å². The Morgan fingerprint density at radius 2 is 2.30 bits per heavy atom. The maximum absolute atomic E-state index is 5.99. The van der Waals surface area contributed by atoms with Gasteiger partial charge in [0.15, 0.2) is 5.11 Å². The van der Waals surface area contributed by atoms with Crippen molar-refractivity contribution in [1.82, 2.24) is 10.2 Å². The lowest BCUT2D eigenvalue weighted by Gasteiger charge is -2.21. The molecule has 1 heterocycles. The van der Waals surface area contributed by atoms with Crippen molar-refractivity contribution in [2.75, 3.05) is 18.4 Å². The van der Waals surface area contributed by atoms with Gasteiger partial charge in [-0.1, -0.05) is 29.8 Å². The van der Waals surface area contributed by atoms with E-state index in [4.69, 9.17) is 23.8 Å². The first-order valence-corrected chi connectivity index (χ1v) is 8.40. The average Bonchev–Trinajstić information content (AvgIpc) is 2.99. The highest BCUT2D eigenvalue weighted by molar-refractivity contribution is 7.80. The van der Waals surface area contributed by atoms with Crippen molar-refractivity contribution < 1.29 is 0 Å². The highest BCUT2D eigenvalue weighted by Crippen LogP contribution is 2.16. The zero-order valence-corrected chi connectivity index (χ0v) is 14.5. The fourth-order valence-electron chi connectivity index (χ4n) is 2.12. The fourth-order valence-corrected chi connectivity index (χ4v) is 2.61. The Morgan fingerprint density at radius 1 is 1.43 bits per heavy atom. The van der Waals surface area contributed by atoms with Gasteiger partial charge in [-0.25, -0.2) is 0 Å². The first-order chi connectivity index (χ1) is 11.2. The van der Waals surface area contributed by atoms with Crippen molar-refractivity contribution in [2.45, 2.75) is 19.3 Å². The largest absolute Gasteiger partial charge is 0.333 e. The summed E-state index contributed by atoms with van der Waals surface area (Å²) in [5, 5.41) is 7.67. The summed E-state index contributed by atoms with van der Waals surface area (Å²) in [5.41, 5.74) is 0.869. The van der Waals surface area contributed by atoms with E-state index in [9.17, 15) is 0 Å². The van der Waals surface area contributed by atoms with Crippen LogP contribution in [0.1, 0.15) is 19.3 Å². The zero-order valence-electron chi connectivity index (χ0n) is 13.0. The number of thiocarbonyl (C=S) groups is 1. The number of unbranched alkanes of at least 4 members (excludes halogenated alkanes) is 2. The molecule has 1 aromatic rings. The second-order valence-corrected chi connectivity index (χ2v) is 5.89. The Hall–Kier alpha value is -1.85. The summed E-state index contributed by atoms with van der Waals surface area (Å²) in [6.45, 7) is 5.20. The summed E-state index contributed by atoms with van der Waals surface area (Å²) in [7, 11) is 0. The van der Waals surface area contributed by atoms with Crippen molar-refractivity contribution in [2.24, 2.45) is 4.99 Å². The molecule has 1 aromatic carbocycles. The van der Waals surface area contributed by atoms with Gasteiger partial charge < -0.3 is 10.6 Å². The average molecular weight is 349 g/mol. The molecule has 1 aliphatic rings. The van der Waals surface area contributed by atoms with Crippen LogP contribution in [0.25, 0.3) is 0 Å². The molecule has 2 N–H and O–H groups in total. The lowest BCUT2D eigenvalue weighted by Crippen LogP contribution is -2.42. The summed E-state index contributed by atoms with van der Waals surface area (Å²) in [6, 6.07) is 7.49. The third-order valence-electron chi connectivity index (χ3n) is 3.27. The smallest absolute Gasteiger partial charge is 0.204 e. The third-order valence-corrected chi connectivity index (χ3v) is 3.83. The molecule has 0 saturated heterocycles. The van der Waals surface area contributed by atoms with E-state index in [1.165, 1.54) is 0 Å². The number of benzene rings is 1. The second-order valence-electron chi connectivity index (χ2n) is 5.06. The molecule has 0 amide bonds. The van der Waals surface area contributed by atoms with Gasteiger partial charge in [0.05, 0.1) is 6.54 Å². The monoisotopic (exact) mass is 348 g/mol. The molecule has 2 rings (SSSR count). The molecule has 23 heavy (non-hydrogen) atoms. The van der Waals surface area contributed by atoms with Crippen molar-refractivity contribution >= 4 is 40.6 Å². The van der Waals surface area contributed by atoms with Gasteiger partial charge in [0.1, 0.15) is 0 Å². The Bertz CT molecular complexity index is 612. The Labute approximate surface area is 147 Å². The van der Waals surface area contributed by atoms with Crippen LogP contribution in [-0.4, -0.2) is 29.1 Å². The number of anilines is 1.